The molecule has 1 aromatic rings. The van der Waals surface area contributed by atoms with E-state index in [1.807, 2.05) is 30.3 Å². The fraction of sp³-hybridized carbons (Fsp3) is 0.375. The van der Waals surface area contributed by atoms with E-state index in [2.05, 4.69) is 4.74 Å². The molecule has 0 radical (unpaired) electrons. The molecule has 1 aliphatic heterocycles. The van der Waals surface area contributed by atoms with Crippen molar-refractivity contribution in [1.29, 1.82) is 0 Å². The van der Waals surface area contributed by atoms with Gasteiger partial charge in [0.25, 0.3) is 0 Å². The Hall–Kier alpha value is -2.30. The van der Waals surface area contributed by atoms with Gasteiger partial charge in [-0.2, -0.15) is 0 Å². The van der Waals surface area contributed by atoms with Gasteiger partial charge in [-0.25, -0.2) is 4.79 Å². The van der Waals surface area contributed by atoms with E-state index in [4.69, 9.17) is 9.47 Å². The zero-order valence-electron chi connectivity index (χ0n) is 12.2. The number of esters is 2. The maximum atomic E-state index is 11.8. The third-order valence-corrected chi connectivity index (χ3v) is 3.58. The molecule has 3 atom stereocenters. The molecule has 21 heavy (non-hydrogen) atoms. The van der Waals surface area contributed by atoms with Crippen LogP contribution in [0.5, 0.6) is 0 Å². The van der Waals surface area contributed by atoms with Gasteiger partial charge in [0.15, 0.2) is 0 Å². The van der Waals surface area contributed by atoms with Crippen LogP contribution in [0.15, 0.2) is 42.2 Å². The highest BCUT2D eigenvalue weighted by Crippen LogP contribution is 2.37. The highest BCUT2D eigenvalue weighted by molar-refractivity contribution is 5.87. The molecule has 5 heteroatoms. The highest BCUT2D eigenvalue weighted by atomic mass is 16.6. The van der Waals surface area contributed by atoms with Crippen LogP contribution in [0.1, 0.15) is 18.4 Å². The topological polar surface area (TPSA) is 61.8 Å². The van der Waals surface area contributed by atoms with Crippen LogP contribution in [0.25, 0.3) is 0 Å². The average molecular weight is 290 g/mol. The number of hydrogen-bond acceptors (Lipinski definition) is 5. The molecule has 2 rings (SSSR count). The lowest BCUT2D eigenvalue weighted by Crippen LogP contribution is -2.31. The quantitative estimate of drug-likeness (QED) is 0.794. The summed E-state index contributed by atoms with van der Waals surface area (Å²) in [5, 5.41) is 0. The summed E-state index contributed by atoms with van der Waals surface area (Å²) in [6.45, 7) is 1.72. The Morgan fingerprint density at radius 3 is 2.38 bits per heavy atom. The minimum absolute atomic E-state index is 0.132. The van der Waals surface area contributed by atoms with Crippen molar-refractivity contribution in [1.82, 2.24) is 0 Å². The van der Waals surface area contributed by atoms with E-state index in [0.29, 0.717) is 0 Å². The lowest BCUT2D eigenvalue weighted by Gasteiger charge is -2.23. The first-order chi connectivity index (χ1) is 10.1. The van der Waals surface area contributed by atoms with Gasteiger partial charge >= 0.3 is 11.9 Å². The van der Waals surface area contributed by atoms with Crippen molar-refractivity contribution in [3.05, 3.63) is 47.7 Å². The van der Waals surface area contributed by atoms with Crippen molar-refractivity contribution >= 4 is 11.9 Å². The van der Waals surface area contributed by atoms with Crippen LogP contribution < -0.4 is 0 Å². The molecule has 1 unspecified atom stereocenters. The van der Waals surface area contributed by atoms with Crippen molar-refractivity contribution in [3.8, 4) is 0 Å². The fourth-order valence-corrected chi connectivity index (χ4v) is 2.43. The molecule has 1 aliphatic rings. The first-order valence-electron chi connectivity index (χ1n) is 6.68. The van der Waals surface area contributed by atoms with Gasteiger partial charge in [0.1, 0.15) is 6.10 Å². The monoisotopic (exact) mass is 290 g/mol. The second-order valence-electron chi connectivity index (χ2n) is 4.85. The Balaban J connectivity index is 2.32. The maximum Gasteiger partial charge on any atom is 0.373 e. The summed E-state index contributed by atoms with van der Waals surface area (Å²) in [4.78, 5) is 23.4. The number of ether oxygens (including phenoxy) is 3. The molecule has 0 bridgehead atoms. The maximum absolute atomic E-state index is 11.8. The van der Waals surface area contributed by atoms with E-state index in [1.165, 1.54) is 14.2 Å². The molecule has 0 fully saturated rings. The van der Waals surface area contributed by atoms with Crippen molar-refractivity contribution in [2.45, 2.75) is 18.9 Å². The average Bonchev–Trinajstić information content (AvgIpc) is 2.98. The molecular weight excluding hydrogens is 272 g/mol. The SMILES string of the molecule is COC(=O)C1=C[C@H](c2ccccc2)[C@@H](C(C)C(=O)OC)O1. The molecule has 0 saturated heterocycles. The molecule has 0 N–H and O–H groups in total. The first-order valence-corrected chi connectivity index (χ1v) is 6.68. The summed E-state index contributed by atoms with van der Waals surface area (Å²) in [7, 11) is 2.63. The Morgan fingerprint density at radius 1 is 1.14 bits per heavy atom. The standard InChI is InChI=1S/C16H18O5/c1-10(15(17)19-2)14-12(11-7-5-4-6-8-11)9-13(21-14)16(18)20-3/h4-10,12,14H,1-3H3/t10?,12-,14-/m1/s1. The van der Waals surface area contributed by atoms with E-state index >= 15 is 0 Å². The molecule has 0 aromatic heterocycles. The predicted molar refractivity (Wildman–Crippen MR) is 75.3 cm³/mol. The molecule has 0 amide bonds. The minimum atomic E-state index is -0.546. The van der Waals surface area contributed by atoms with Crippen molar-refractivity contribution in [2.75, 3.05) is 14.2 Å². The summed E-state index contributed by atoms with van der Waals surface area (Å²) in [6, 6.07) is 9.57. The lowest BCUT2D eigenvalue weighted by atomic mass is 9.87. The van der Waals surface area contributed by atoms with E-state index in [1.54, 1.807) is 13.0 Å². The van der Waals surface area contributed by atoms with Crippen molar-refractivity contribution in [2.24, 2.45) is 5.92 Å². The third-order valence-electron chi connectivity index (χ3n) is 3.58. The number of benzene rings is 1. The van der Waals surface area contributed by atoms with Crippen LogP contribution in [0.4, 0.5) is 0 Å². The molecule has 0 aliphatic carbocycles. The lowest BCUT2D eigenvalue weighted by molar-refractivity contribution is -0.151. The molecule has 0 saturated carbocycles. The van der Waals surface area contributed by atoms with Crippen LogP contribution in [0.2, 0.25) is 0 Å². The van der Waals surface area contributed by atoms with Gasteiger partial charge in [-0.15, -0.1) is 0 Å². The molecule has 1 heterocycles. The Morgan fingerprint density at radius 2 is 1.81 bits per heavy atom. The molecule has 5 nitrogen and oxygen atoms in total. The Labute approximate surface area is 123 Å². The van der Waals surface area contributed by atoms with Crippen molar-refractivity contribution < 1.29 is 23.8 Å². The van der Waals surface area contributed by atoms with Crippen LogP contribution in [-0.4, -0.2) is 32.3 Å². The van der Waals surface area contributed by atoms with Gasteiger partial charge in [-0.3, -0.25) is 4.79 Å². The number of carbonyl (C=O) groups is 2. The largest absolute Gasteiger partial charge is 0.482 e. The number of hydrogen-bond donors (Lipinski definition) is 0. The third kappa shape index (κ3) is 3.07. The minimum Gasteiger partial charge on any atom is -0.482 e. The van der Waals surface area contributed by atoms with Gasteiger partial charge < -0.3 is 14.2 Å². The fourth-order valence-electron chi connectivity index (χ4n) is 2.43. The molecular formula is C16H18O5. The molecule has 0 spiro atoms. The van der Waals surface area contributed by atoms with Gasteiger partial charge in [-0.1, -0.05) is 30.3 Å². The van der Waals surface area contributed by atoms with Crippen LogP contribution in [0.3, 0.4) is 0 Å². The summed E-state index contributed by atoms with van der Waals surface area (Å²) in [6.07, 6.45) is 1.21. The predicted octanol–water partition coefficient (Wildman–Crippen LogP) is 2.04. The Kier molecular flexibility index (Phi) is 4.62. The smallest absolute Gasteiger partial charge is 0.373 e. The number of carbonyl (C=O) groups excluding carboxylic acids is 2. The van der Waals surface area contributed by atoms with Gasteiger partial charge in [-0.05, 0) is 18.6 Å². The van der Waals surface area contributed by atoms with Gasteiger partial charge in [0.05, 0.1) is 20.1 Å². The van der Waals surface area contributed by atoms with Crippen LogP contribution >= 0.6 is 0 Å². The normalized spacial score (nSPS) is 22.0. The van der Waals surface area contributed by atoms with Gasteiger partial charge in [0.2, 0.25) is 5.76 Å². The zero-order valence-corrected chi connectivity index (χ0v) is 12.2. The molecule has 1 aromatic carbocycles. The van der Waals surface area contributed by atoms with E-state index in [9.17, 15) is 9.59 Å². The van der Waals surface area contributed by atoms with E-state index < -0.39 is 18.0 Å². The molecule has 112 valence electrons. The van der Waals surface area contributed by atoms with Gasteiger partial charge in [0, 0.05) is 5.92 Å². The zero-order chi connectivity index (χ0) is 15.4. The van der Waals surface area contributed by atoms with E-state index in [0.717, 1.165) is 5.56 Å². The second kappa shape index (κ2) is 6.43. The first kappa shape index (κ1) is 15.1. The van der Waals surface area contributed by atoms with E-state index in [-0.39, 0.29) is 17.6 Å². The number of rotatable bonds is 4. The summed E-state index contributed by atoms with van der Waals surface area (Å²) >= 11 is 0. The Bertz CT molecular complexity index is 549. The second-order valence-corrected chi connectivity index (χ2v) is 4.85. The highest BCUT2D eigenvalue weighted by Gasteiger charge is 2.40. The van der Waals surface area contributed by atoms with Crippen LogP contribution in [0, 0.1) is 5.92 Å². The van der Waals surface area contributed by atoms with Crippen LogP contribution in [-0.2, 0) is 23.8 Å². The summed E-state index contributed by atoms with van der Waals surface area (Å²) in [5.41, 5.74) is 0.970. The number of methoxy groups -OCH3 is 2. The van der Waals surface area contributed by atoms with Crippen molar-refractivity contribution in [3.63, 3.8) is 0 Å². The summed E-state index contributed by atoms with van der Waals surface area (Å²) in [5.74, 6) is -1.49. The summed E-state index contributed by atoms with van der Waals surface area (Å²) < 4.78 is 15.1.